The minimum atomic E-state index is -0.119. The Kier molecular flexibility index (Phi) is 3.98. The molecule has 0 saturated heterocycles. The predicted octanol–water partition coefficient (Wildman–Crippen LogP) is 3.54. The molecule has 0 spiro atoms. The van der Waals surface area contributed by atoms with Crippen LogP contribution < -0.4 is 10.1 Å². The van der Waals surface area contributed by atoms with E-state index in [4.69, 9.17) is 4.74 Å². The number of hydrogen-bond donors (Lipinski definition) is 1. The number of ether oxygens (including phenoxy) is 1. The number of aromatic nitrogens is 1. The number of anilines is 1. The molecule has 18 heavy (non-hydrogen) atoms. The highest BCUT2D eigenvalue weighted by Gasteiger charge is 2.08. The number of methoxy groups -OCH3 is 1. The summed E-state index contributed by atoms with van der Waals surface area (Å²) in [6, 6.07) is 5.73. The topological polar surface area (TPSA) is 51.2 Å². The minimum Gasteiger partial charge on any atom is -0.496 e. The number of benzene rings is 1. The maximum atomic E-state index is 10.9. The SMILES string of the molecule is COc1ccc(-c2csc(NC(C)=O)n2)cc1Br. The third-order valence-corrected chi connectivity index (χ3v) is 3.61. The van der Waals surface area contributed by atoms with Gasteiger partial charge < -0.3 is 10.1 Å². The number of thiazole rings is 1. The number of carbonyl (C=O) groups excluding carboxylic acids is 1. The Hall–Kier alpha value is -1.40. The molecule has 0 aliphatic rings. The third-order valence-electron chi connectivity index (χ3n) is 2.23. The molecule has 0 fully saturated rings. The molecule has 0 saturated carbocycles. The second-order valence-electron chi connectivity index (χ2n) is 3.57. The van der Waals surface area contributed by atoms with E-state index in [0.29, 0.717) is 5.13 Å². The smallest absolute Gasteiger partial charge is 0.223 e. The quantitative estimate of drug-likeness (QED) is 0.938. The lowest BCUT2D eigenvalue weighted by Crippen LogP contribution is -2.04. The Morgan fingerprint density at radius 3 is 2.89 bits per heavy atom. The van der Waals surface area contributed by atoms with E-state index in [-0.39, 0.29) is 5.91 Å². The van der Waals surface area contributed by atoms with Crippen LogP contribution in [0.5, 0.6) is 5.75 Å². The molecule has 0 aliphatic carbocycles. The van der Waals surface area contributed by atoms with Gasteiger partial charge in [0.25, 0.3) is 0 Å². The fraction of sp³-hybridized carbons (Fsp3) is 0.167. The maximum absolute atomic E-state index is 10.9. The Morgan fingerprint density at radius 1 is 1.50 bits per heavy atom. The van der Waals surface area contributed by atoms with Gasteiger partial charge in [0.15, 0.2) is 5.13 Å². The molecule has 94 valence electrons. The average molecular weight is 327 g/mol. The molecule has 0 atom stereocenters. The van der Waals surface area contributed by atoms with Crippen molar-refractivity contribution in [3.8, 4) is 17.0 Å². The first-order chi connectivity index (χ1) is 8.60. The summed E-state index contributed by atoms with van der Waals surface area (Å²) in [5, 5.41) is 5.17. The highest BCUT2D eigenvalue weighted by molar-refractivity contribution is 9.10. The second kappa shape index (κ2) is 5.49. The molecule has 0 aliphatic heterocycles. The van der Waals surface area contributed by atoms with Gasteiger partial charge in [-0.1, -0.05) is 0 Å². The van der Waals surface area contributed by atoms with E-state index in [1.54, 1.807) is 7.11 Å². The van der Waals surface area contributed by atoms with Crippen molar-refractivity contribution in [3.63, 3.8) is 0 Å². The van der Waals surface area contributed by atoms with Crippen molar-refractivity contribution < 1.29 is 9.53 Å². The van der Waals surface area contributed by atoms with Crippen molar-refractivity contribution in [3.05, 3.63) is 28.1 Å². The second-order valence-corrected chi connectivity index (χ2v) is 5.28. The summed E-state index contributed by atoms with van der Waals surface area (Å²) in [5.41, 5.74) is 1.79. The minimum absolute atomic E-state index is 0.119. The zero-order chi connectivity index (χ0) is 13.1. The van der Waals surface area contributed by atoms with Gasteiger partial charge in [-0.05, 0) is 34.1 Å². The van der Waals surface area contributed by atoms with E-state index in [2.05, 4.69) is 26.2 Å². The fourth-order valence-corrected chi connectivity index (χ4v) is 2.75. The summed E-state index contributed by atoms with van der Waals surface area (Å²) in [6.45, 7) is 1.46. The van der Waals surface area contributed by atoms with Crippen LogP contribution in [0.3, 0.4) is 0 Å². The van der Waals surface area contributed by atoms with Gasteiger partial charge in [0.1, 0.15) is 5.75 Å². The lowest BCUT2D eigenvalue weighted by molar-refractivity contribution is -0.114. The number of carbonyl (C=O) groups is 1. The Labute approximate surface area is 117 Å². The van der Waals surface area contributed by atoms with Gasteiger partial charge in [0.05, 0.1) is 17.3 Å². The molecule has 0 bridgehead atoms. The highest BCUT2D eigenvalue weighted by Crippen LogP contribution is 2.31. The molecule has 2 aromatic rings. The van der Waals surface area contributed by atoms with Crippen LogP contribution in [0.1, 0.15) is 6.92 Å². The summed E-state index contributed by atoms with van der Waals surface area (Å²) in [6.07, 6.45) is 0. The molecular weight excluding hydrogens is 316 g/mol. The number of hydrogen-bond acceptors (Lipinski definition) is 4. The molecule has 0 unspecified atom stereocenters. The van der Waals surface area contributed by atoms with E-state index < -0.39 is 0 Å². The predicted molar refractivity (Wildman–Crippen MR) is 76.1 cm³/mol. The molecule has 1 heterocycles. The first kappa shape index (κ1) is 13.0. The zero-order valence-electron chi connectivity index (χ0n) is 9.86. The molecule has 2 rings (SSSR count). The van der Waals surface area contributed by atoms with Gasteiger partial charge in [-0.3, -0.25) is 4.79 Å². The van der Waals surface area contributed by atoms with Crippen molar-refractivity contribution in [2.24, 2.45) is 0 Å². The molecule has 1 aromatic carbocycles. The standard InChI is InChI=1S/C12H11BrN2O2S/c1-7(16)14-12-15-10(6-18-12)8-3-4-11(17-2)9(13)5-8/h3-6H,1-2H3,(H,14,15,16). The number of nitrogens with zero attached hydrogens (tertiary/aromatic N) is 1. The van der Waals surface area contributed by atoms with Gasteiger partial charge in [-0.15, -0.1) is 11.3 Å². The van der Waals surface area contributed by atoms with Gasteiger partial charge in [0.2, 0.25) is 5.91 Å². The normalized spacial score (nSPS) is 10.2. The highest BCUT2D eigenvalue weighted by atomic mass is 79.9. The Bertz CT molecular complexity index is 583. The largest absolute Gasteiger partial charge is 0.496 e. The molecule has 1 N–H and O–H groups in total. The van der Waals surface area contributed by atoms with E-state index >= 15 is 0 Å². The van der Waals surface area contributed by atoms with Gasteiger partial charge in [-0.25, -0.2) is 4.98 Å². The van der Waals surface area contributed by atoms with Crippen LogP contribution in [0.25, 0.3) is 11.3 Å². The lowest BCUT2D eigenvalue weighted by Gasteiger charge is -2.04. The summed E-state index contributed by atoms with van der Waals surface area (Å²) in [4.78, 5) is 15.3. The van der Waals surface area contributed by atoms with E-state index in [1.807, 2.05) is 23.6 Å². The monoisotopic (exact) mass is 326 g/mol. The van der Waals surface area contributed by atoms with Gasteiger partial charge in [0, 0.05) is 17.9 Å². The van der Waals surface area contributed by atoms with Crippen molar-refractivity contribution in [2.75, 3.05) is 12.4 Å². The molecule has 6 heteroatoms. The summed E-state index contributed by atoms with van der Waals surface area (Å²) < 4.78 is 6.04. The van der Waals surface area contributed by atoms with Crippen LogP contribution in [0, 0.1) is 0 Å². The van der Waals surface area contributed by atoms with E-state index in [1.165, 1.54) is 18.3 Å². The van der Waals surface area contributed by atoms with Crippen molar-refractivity contribution in [2.45, 2.75) is 6.92 Å². The van der Waals surface area contributed by atoms with Crippen molar-refractivity contribution in [1.82, 2.24) is 4.98 Å². The molecule has 1 amide bonds. The van der Waals surface area contributed by atoms with Crippen LogP contribution in [0.15, 0.2) is 28.1 Å². The number of nitrogens with one attached hydrogen (secondary N) is 1. The zero-order valence-corrected chi connectivity index (χ0v) is 12.3. The van der Waals surface area contributed by atoms with Crippen molar-refractivity contribution >= 4 is 38.3 Å². The third kappa shape index (κ3) is 2.88. The first-order valence-corrected chi connectivity index (χ1v) is 6.84. The Morgan fingerprint density at radius 2 is 2.28 bits per heavy atom. The number of amides is 1. The summed E-state index contributed by atoms with van der Waals surface area (Å²) in [5.74, 6) is 0.655. The molecule has 1 aromatic heterocycles. The number of rotatable bonds is 3. The average Bonchev–Trinajstić information content (AvgIpc) is 2.76. The van der Waals surface area contributed by atoms with E-state index in [0.717, 1.165) is 21.5 Å². The van der Waals surface area contributed by atoms with Crippen LogP contribution in [0.2, 0.25) is 0 Å². The van der Waals surface area contributed by atoms with Crippen LogP contribution in [-0.2, 0) is 4.79 Å². The van der Waals surface area contributed by atoms with Gasteiger partial charge in [-0.2, -0.15) is 0 Å². The van der Waals surface area contributed by atoms with Crippen LogP contribution in [-0.4, -0.2) is 18.0 Å². The summed E-state index contributed by atoms with van der Waals surface area (Å²) in [7, 11) is 1.62. The molecule has 4 nitrogen and oxygen atoms in total. The Balaban J connectivity index is 2.28. The fourth-order valence-electron chi connectivity index (χ4n) is 1.44. The van der Waals surface area contributed by atoms with Crippen LogP contribution >= 0.6 is 27.3 Å². The summed E-state index contributed by atoms with van der Waals surface area (Å²) >= 11 is 4.83. The lowest BCUT2D eigenvalue weighted by atomic mass is 10.2. The maximum Gasteiger partial charge on any atom is 0.223 e. The van der Waals surface area contributed by atoms with E-state index in [9.17, 15) is 4.79 Å². The first-order valence-electron chi connectivity index (χ1n) is 5.17. The van der Waals surface area contributed by atoms with Gasteiger partial charge >= 0.3 is 0 Å². The molecular formula is C12H11BrN2O2S. The molecule has 0 radical (unpaired) electrons. The van der Waals surface area contributed by atoms with Crippen molar-refractivity contribution in [1.29, 1.82) is 0 Å². The van der Waals surface area contributed by atoms with Crippen LogP contribution in [0.4, 0.5) is 5.13 Å². The number of halogens is 1.